The fraction of sp³-hybridized carbons (Fsp3) is 1.00. The standard InChI is InChI=1S/C17H34N2O2/c1-16(2,21)13-18-9-11-19(12-10-18)14-17(15-20)7-5-3-4-6-8-17/h20-21H,3-15H2,1-2H3. The molecule has 0 spiro atoms. The van der Waals surface area contributed by atoms with Gasteiger partial charge in [0.15, 0.2) is 0 Å². The van der Waals surface area contributed by atoms with Gasteiger partial charge < -0.3 is 15.1 Å². The highest BCUT2D eigenvalue weighted by atomic mass is 16.3. The van der Waals surface area contributed by atoms with Gasteiger partial charge in [0.1, 0.15) is 0 Å². The minimum Gasteiger partial charge on any atom is -0.396 e. The van der Waals surface area contributed by atoms with Crippen LogP contribution in [-0.2, 0) is 0 Å². The first-order valence-corrected chi connectivity index (χ1v) is 8.70. The Morgan fingerprint density at radius 3 is 1.90 bits per heavy atom. The lowest BCUT2D eigenvalue weighted by Gasteiger charge is -2.42. The van der Waals surface area contributed by atoms with E-state index >= 15 is 0 Å². The van der Waals surface area contributed by atoms with Crippen molar-refractivity contribution in [2.45, 2.75) is 58.0 Å². The Balaban J connectivity index is 1.81. The first-order chi connectivity index (χ1) is 9.92. The summed E-state index contributed by atoms with van der Waals surface area (Å²) in [7, 11) is 0. The third kappa shape index (κ3) is 5.51. The number of aliphatic hydroxyl groups excluding tert-OH is 1. The molecule has 0 radical (unpaired) electrons. The van der Waals surface area contributed by atoms with Crippen LogP contribution in [0.1, 0.15) is 52.4 Å². The minimum atomic E-state index is -0.601. The highest BCUT2D eigenvalue weighted by Gasteiger charge is 2.33. The van der Waals surface area contributed by atoms with Gasteiger partial charge in [0.2, 0.25) is 0 Å². The molecule has 4 heteroatoms. The molecule has 0 bridgehead atoms. The molecule has 1 heterocycles. The molecule has 1 saturated heterocycles. The third-order valence-corrected chi connectivity index (χ3v) is 5.13. The Morgan fingerprint density at radius 1 is 0.905 bits per heavy atom. The normalized spacial score (nSPS) is 25.7. The van der Waals surface area contributed by atoms with E-state index in [2.05, 4.69) is 9.80 Å². The molecular formula is C17H34N2O2. The summed E-state index contributed by atoms with van der Waals surface area (Å²) in [5, 5.41) is 19.9. The largest absolute Gasteiger partial charge is 0.396 e. The van der Waals surface area contributed by atoms with E-state index < -0.39 is 5.60 Å². The zero-order chi connectivity index (χ0) is 15.3. The average molecular weight is 298 g/mol. The quantitative estimate of drug-likeness (QED) is 0.759. The molecular weight excluding hydrogens is 264 g/mol. The second kappa shape index (κ2) is 7.40. The highest BCUT2D eigenvalue weighted by molar-refractivity contribution is 4.87. The number of nitrogens with zero attached hydrogens (tertiary/aromatic N) is 2. The van der Waals surface area contributed by atoms with Crippen LogP contribution in [0.3, 0.4) is 0 Å². The van der Waals surface area contributed by atoms with Crippen LogP contribution in [-0.4, -0.2) is 71.5 Å². The number of piperazine rings is 1. The van der Waals surface area contributed by atoms with E-state index in [4.69, 9.17) is 0 Å². The van der Waals surface area contributed by atoms with Gasteiger partial charge in [0, 0.05) is 51.3 Å². The summed E-state index contributed by atoms with van der Waals surface area (Å²) in [5.74, 6) is 0. The van der Waals surface area contributed by atoms with Crippen molar-refractivity contribution in [2.24, 2.45) is 5.41 Å². The molecule has 0 amide bonds. The van der Waals surface area contributed by atoms with Crippen molar-refractivity contribution >= 4 is 0 Å². The molecule has 2 aliphatic rings. The third-order valence-electron chi connectivity index (χ3n) is 5.13. The average Bonchev–Trinajstić information content (AvgIpc) is 2.66. The van der Waals surface area contributed by atoms with Crippen molar-refractivity contribution < 1.29 is 10.2 Å². The molecule has 1 aliphatic carbocycles. The van der Waals surface area contributed by atoms with Crippen LogP contribution in [0, 0.1) is 5.41 Å². The summed E-state index contributed by atoms with van der Waals surface area (Å²) in [6.07, 6.45) is 7.60. The Labute approximate surface area is 130 Å². The molecule has 1 aliphatic heterocycles. The highest BCUT2D eigenvalue weighted by Crippen LogP contribution is 2.35. The first-order valence-electron chi connectivity index (χ1n) is 8.70. The zero-order valence-corrected chi connectivity index (χ0v) is 14.0. The molecule has 2 fully saturated rings. The maximum Gasteiger partial charge on any atom is 0.0718 e. The Hall–Kier alpha value is -0.160. The van der Waals surface area contributed by atoms with Crippen LogP contribution in [0.4, 0.5) is 0 Å². The molecule has 0 aromatic carbocycles. The van der Waals surface area contributed by atoms with Gasteiger partial charge in [-0.3, -0.25) is 4.90 Å². The molecule has 0 unspecified atom stereocenters. The molecule has 4 nitrogen and oxygen atoms in total. The second-order valence-corrected chi connectivity index (χ2v) is 7.94. The summed E-state index contributed by atoms with van der Waals surface area (Å²) in [6, 6.07) is 0. The van der Waals surface area contributed by atoms with Crippen LogP contribution in [0.25, 0.3) is 0 Å². The minimum absolute atomic E-state index is 0.148. The predicted molar refractivity (Wildman–Crippen MR) is 86.4 cm³/mol. The van der Waals surface area contributed by atoms with Crippen LogP contribution < -0.4 is 0 Å². The Kier molecular flexibility index (Phi) is 6.06. The number of hydrogen-bond donors (Lipinski definition) is 2. The van der Waals surface area contributed by atoms with Gasteiger partial charge in [0.25, 0.3) is 0 Å². The van der Waals surface area contributed by atoms with Crippen molar-refractivity contribution in [3.05, 3.63) is 0 Å². The lowest BCUT2D eigenvalue weighted by molar-refractivity contribution is 0.000998. The fourth-order valence-electron chi connectivity index (χ4n) is 3.97. The topological polar surface area (TPSA) is 46.9 Å². The Bertz CT molecular complexity index is 298. The lowest BCUT2D eigenvalue weighted by Crippen LogP contribution is -2.53. The van der Waals surface area contributed by atoms with Gasteiger partial charge in [-0.2, -0.15) is 0 Å². The van der Waals surface area contributed by atoms with E-state index in [1.165, 1.54) is 38.5 Å². The molecule has 0 atom stereocenters. The number of rotatable bonds is 5. The van der Waals surface area contributed by atoms with E-state index in [0.29, 0.717) is 6.61 Å². The lowest BCUT2D eigenvalue weighted by atomic mass is 9.80. The van der Waals surface area contributed by atoms with Gasteiger partial charge in [-0.1, -0.05) is 25.7 Å². The van der Waals surface area contributed by atoms with Gasteiger partial charge in [0.05, 0.1) is 5.60 Å². The molecule has 21 heavy (non-hydrogen) atoms. The van der Waals surface area contributed by atoms with Crippen LogP contribution in [0.15, 0.2) is 0 Å². The summed E-state index contributed by atoms with van der Waals surface area (Å²) < 4.78 is 0. The second-order valence-electron chi connectivity index (χ2n) is 7.94. The molecule has 0 aromatic rings. The van der Waals surface area contributed by atoms with Gasteiger partial charge in [-0.15, -0.1) is 0 Å². The van der Waals surface area contributed by atoms with E-state index in [1.54, 1.807) is 0 Å². The predicted octanol–water partition coefficient (Wildman–Crippen LogP) is 1.71. The summed E-state index contributed by atoms with van der Waals surface area (Å²) in [6.45, 7) is 10.1. The molecule has 2 rings (SSSR count). The summed E-state index contributed by atoms with van der Waals surface area (Å²) in [4.78, 5) is 4.89. The fourth-order valence-corrected chi connectivity index (χ4v) is 3.97. The smallest absolute Gasteiger partial charge is 0.0718 e. The Morgan fingerprint density at radius 2 is 1.43 bits per heavy atom. The maximum atomic E-state index is 9.93. The van der Waals surface area contributed by atoms with Crippen molar-refractivity contribution in [2.75, 3.05) is 45.9 Å². The van der Waals surface area contributed by atoms with E-state index in [-0.39, 0.29) is 5.41 Å². The molecule has 0 aromatic heterocycles. The number of hydrogen-bond acceptors (Lipinski definition) is 4. The van der Waals surface area contributed by atoms with Crippen LogP contribution in [0.5, 0.6) is 0 Å². The van der Waals surface area contributed by atoms with Gasteiger partial charge >= 0.3 is 0 Å². The SMILES string of the molecule is CC(C)(O)CN1CCN(CC2(CO)CCCCCC2)CC1. The van der Waals surface area contributed by atoms with Gasteiger partial charge in [-0.05, 0) is 26.7 Å². The monoisotopic (exact) mass is 298 g/mol. The van der Waals surface area contributed by atoms with Crippen molar-refractivity contribution in [1.82, 2.24) is 9.80 Å². The van der Waals surface area contributed by atoms with Crippen molar-refractivity contribution in [3.8, 4) is 0 Å². The molecule has 1 saturated carbocycles. The summed E-state index contributed by atoms with van der Waals surface area (Å²) in [5.41, 5.74) is -0.454. The molecule has 124 valence electrons. The molecule has 2 N–H and O–H groups in total. The van der Waals surface area contributed by atoms with E-state index in [0.717, 1.165) is 39.3 Å². The van der Waals surface area contributed by atoms with Crippen LogP contribution >= 0.6 is 0 Å². The number of β-amino-alcohol motifs (C(OH)–C–C–N with tert-alkyl or cyclic N) is 1. The van der Waals surface area contributed by atoms with Crippen molar-refractivity contribution in [1.29, 1.82) is 0 Å². The first kappa shape index (κ1) is 17.2. The van der Waals surface area contributed by atoms with E-state index in [1.807, 2.05) is 13.8 Å². The summed E-state index contributed by atoms with van der Waals surface area (Å²) >= 11 is 0. The number of aliphatic hydroxyl groups is 2. The van der Waals surface area contributed by atoms with Crippen LogP contribution in [0.2, 0.25) is 0 Å². The van der Waals surface area contributed by atoms with Gasteiger partial charge in [-0.25, -0.2) is 0 Å². The van der Waals surface area contributed by atoms with Crippen molar-refractivity contribution in [3.63, 3.8) is 0 Å². The maximum absolute atomic E-state index is 9.93. The zero-order valence-electron chi connectivity index (χ0n) is 14.0. The van der Waals surface area contributed by atoms with E-state index in [9.17, 15) is 10.2 Å².